The van der Waals surface area contributed by atoms with Crippen molar-refractivity contribution >= 4 is 23.4 Å². The topological polar surface area (TPSA) is 18.5 Å². The molecule has 1 saturated heterocycles. The molecule has 0 amide bonds. The van der Waals surface area contributed by atoms with Gasteiger partial charge >= 0.3 is 7.12 Å². The molecule has 29 heavy (non-hydrogen) atoms. The molecule has 2 nitrogen and oxygen atoms in total. The van der Waals surface area contributed by atoms with Crippen molar-refractivity contribution in [3.8, 4) is 11.1 Å². The van der Waals surface area contributed by atoms with Crippen molar-refractivity contribution in [2.75, 3.05) is 0 Å². The molecule has 1 aliphatic heterocycles. The quantitative estimate of drug-likeness (QED) is 0.495. The first kappa shape index (κ1) is 20.2. The van der Waals surface area contributed by atoms with Crippen molar-refractivity contribution in [1.82, 2.24) is 0 Å². The number of hydrogen-bond acceptors (Lipinski definition) is 2. The van der Waals surface area contributed by atoms with Crippen LogP contribution in [0.3, 0.4) is 0 Å². The van der Waals surface area contributed by atoms with Crippen molar-refractivity contribution < 1.29 is 9.31 Å². The lowest BCUT2D eigenvalue weighted by Crippen LogP contribution is -2.41. The second-order valence-electron chi connectivity index (χ2n) is 10.2. The predicted molar refractivity (Wildman–Crippen MR) is 124 cm³/mol. The maximum atomic E-state index is 6.40. The van der Waals surface area contributed by atoms with Crippen LogP contribution in [0.2, 0.25) is 0 Å². The Kier molecular flexibility index (Phi) is 4.68. The average molecular weight is 386 g/mol. The lowest BCUT2D eigenvalue weighted by atomic mass is 9.72. The van der Waals surface area contributed by atoms with Crippen molar-refractivity contribution in [2.24, 2.45) is 0 Å². The third kappa shape index (κ3) is 3.62. The van der Waals surface area contributed by atoms with Crippen LogP contribution in [0.4, 0.5) is 0 Å². The van der Waals surface area contributed by atoms with Gasteiger partial charge in [-0.05, 0) is 72.1 Å². The van der Waals surface area contributed by atoms with Gasteiger partial charge in [0, 0.05) is 0 Å². The van der Waals surface area contributed by atoms with E-state index in [0.717, 1.165) is 5.46 Å². The van der Waals surface area contributed by atoms with E-state index >= 15 is 0 Å². The first-order chi connectivity index (χ1) is 13.5. The average Bonchev–Trinajstić information content (AvgIpc) is 2.87. The standard InChI is InChI=1S/C26H31BO2/c1-24(2,3)21-14-15-23(27-28-25(4,5)26(6,7)29-27)22(17-21)20-13-12-18-10-8-9-11-19(18)16-20/h8-17H,1-7H3. The summed E-state index contributed by atoms with van der Waals surface area (Å²) in [5.41, 5.74) is 4.12. The second kappa shape index (κ2) is 6.72. The van der Waals surface area contributed by atoms with Crippen LogP contribution < -0.4 is 5.46 Å². The lowest BCUT2D eigenvalue weighted by molar-refractivity contribution is 0.00578. The minimum atomic E-state index is -0.379. The molecule has 0 spiro atoms. The molecule has 3 aromatic rings. The van der Waals surface area contributed by atoms with E-state index in [9.17, 15) is 0 Å². The molecule has 0 saturated carbocycles. The molecule has 1 aliphatic rings. The van der Waals surface area contributed by atoms with E-state index in [0.29, 0.717) is 0 Å². The minimum Gasteiger partial charge on any atom is -0.399 e. The molecule has 3 heteroatoms. The van der Waals surface area contributed by atoms with Gasteiger partial charge < -0.3 is 9.31 Å². The Labute approximate surface area is 175 Å². The van der Waals surface area contributed by atoms with Crippen LogP contribution in [0.25, 0.3) is 21.9 Å². The van der Waals surface area contributed by atoms with Crippen LogP contribution in [0.5, 0.6) is 0 Å². The monoisotopic (exact) mass is 386 g/mol. The molecular formula is C26H31BO2. The van der Waals surface area contributed by atoms with Gasteiger partial charge in [0.2, 0.25) is 0 Å². The highest BCUT2D eigenvalue weighted by atomic mass is 16.7. The smallest absolute Gasteiger partial charge is 0.399 e. The van der Waals surface area contributed by atoms with E-state index in [1.807, 2.05) is 0 Å². The largest absolute Gasteiger partial charge is 0.495 e. The molecule has 150 valence electrons. The Balaban J connectivity index is 1.88. The van der Waals surface area contributed by atoms with Crippen molar-refractivity contribution in [2.45, 2.75) is 65.1 Å². The van der Waals surface area contributed by atoms with Crippen LogP contribution in [-0.2, 0) is 14.7 Å². The molecule has 0 atom stereocenters. The van der Waals surface area contributed by atoms with Crippen LogP contribution in [0.15, 0.2) is 60.7 Å². The zero-order chi connectivity index (χ0) is 21.0. The van der Waals surface area contributed by atoms with Crippen LogP contribution >= 0.6 is 0 Å². The normalized spacial score (nSPS) is 18.4. The van der Waals surface area contributed by atoms with Crippen molar-refractivity contribution in [3.05, 3.63) is 66.2 Å². The third-order valence-electron chi connectivity index (χ3n) is 6.49. The SMILES string of the molecule is CC(C)(C)c1ccc(B2OC(C)(C)C(C)(C)O2)c(-c2ccc3ccccc3c2)c1. The zero-order valence-electron chi connectivity index (χ0n) is 18.7. The fourth-order valence-corrected chi connectivity index (χ4v) is 3.81. The molecule has 0 aromatic heterocycles. The molecular weight excluding hydrogens is 355 g/mol. The summed E-state index contributed by atoms with van der Waals surface area (Å²) < 4.78 is 12.8. The summed E-state index contributed by atoms with van der Waals surface area (Å²) in [6, 6.07) is 21.9. The highest BCUT2D eigenvalue weighted by molar-refractivity contribution is 6.63. The first-order valence-electron chi connectivity index (χ1n) is 10.5. The summed E-state index contributed by atoms with van der Waals surface area (Å²) in [5, 5.41) is 2.49. The fourth-order valence-electron chi connectivity index (χ4n) is 3.81. The summed E-state index contributed by atoms with van der Waals surface area (Å²) >= 11 is 0. The summed E-state index contributed by atoms with van der Waals surface area (Å²) in [6.07, 6.45) is 0. The van der Waals surface area contributed by atoms with E-state index in [-0.39, 0.29) is 23.7 Å². The van der Waals surface area contributed by atoms with E-state index in [1.165, 1.54) is 27.5 Å². The molecule has 4 rings (SSSR count). The van der Waals surface area contributed by atoms with Gasteiger partial charge in [0.1, 0.15) is 0 Å². The van der Waals surface area contributed by atoms with Crippen LogP contribution in [-0.4, -0.2) is 18.3 Å². The van der Waals surface area contributed by atoms with Gasteiger partial charge in [-0.25, -0.2) is 0 Å². The Morgan fingerprint density at radius 3 is 1.97 bits per heavy atom. The molecule has 0 radical (unpaired) electrons. The molecule has 0 unspecified atom stereocenters. The maximum absolute atomic E-state index is 6.40. The summed E-state index contributed by atoms with van der Waals surface area (Å²) in [5.74, 6) is 0. The Morgan fingerprint density at radius 2 is 1.34 bits per heavy atom. The lowest BCUT2D eigenvalue weighted by Gasteiger charge is -2.32. The number of hydrogen-bond donors (Lipinski definition) is 0. The molecule has 1 fully saturated rings. The predicted octanol–water partition coefficient (Wildman–Crippen LogP) is 6.10. The van der Waals surface area contributed by atoms with Gasteiger partial charge in [-0.15, -0.1) is 0 Å². The van der Waals surface area contributed by atoms with Gasteiger partial charge in [-0.1, -0.05) is 75.4 Å². The van der Waals surface area contributed by atoms with Crippen molar-refractivity contribution in [1.29, 1.82) is 0 Å². The number of rotatable bonds is 2. The fraction of sp³-hybridized carbons (Fsp3) is 0.385. The summed E-state index contributed by atoms with van der Waals surface area (Å²) in [6.45, 7) is 15.2. The highest BCUT2D eigenvalue weighted by Gasteiger charge is 2.52. The summed E-state index contributed by atoms with van der Waals surface area (Å²) in [4.78, 5) is 0. The molecule has 0 bridgehead atoms. The minimum absolute atomic E-state index is 0.0695. The Hall–Kier alpha value is -2.10. The van der Waals surface area contributed by atoms with E-state index in [2.05, 4.69) is 109 Å². The third-order valence-corrected chi connectivity index (χ3v) is 6.49. The second-order valence-corrected chi connectivity index (χ2v) is 10.2. The summed E-state index contributed by atoms with van der Waals surface area (Å²) in [7, 11) is -0.379. The molecule has 0 N–H and O–H groups in total. The molecule has 1 heterocycles. The van der Waals surface area contributed by atoms with E-state index < -0.39 is 0 Å². The Bertz CT molecular complexity index is 1040. The Morgan fingerprint density at radius 1 is 0.724 bits per heavy atom. The van der Waals surface area contributed by atoms with E-state index in [1.54, 1.807) is 0 Å². The molecule has 3 aromatic carbocycles. The van der Waals surface area contributed by atoms with Gasteiger partial charge in [0.25, 0.3) is 0 Å². The van der Waals surface area contributed by atoms with Crippen LogP contribution in [0, 0.1) is 0 Å². The number of fused-ring (bicyclic) bond motifs is 1. The molecule has 0 aliphatic carbocycles. The van der Waals surface area contributed by atoms with Gasteiger partial charge in [-0.3, -0.25) is 0 Å². The zero-order valence-corrected chi connectivity index (χ0v) is 18.7. The van der Waals surface area contributed by atoms with Crippen molar-refractivity contribution in [3.63, 3.8) is 0 Å². The first-order valence-corrected chi connectivity index (χ1v) is 10.5. The van der Waals surface area contributed by atoms with Crippen LogP contribution in [0.1, 0.15) is 54.0 Å². The van der Waals surface area contributed by atoms with Gasteiger partial charge in [0.15, 0.2) is 0 Å². The number of benzene rings is 3. The van der Waals surface area contributed by atoms with Gasteiger partial charge in [-0.2, -0.15) is 0 Å². The van der Waals surface area contributed by atoms with E-state index in [4.69, 9.17) is 9.31 Å². The maximum Gasteiger partial charge on any atom is 0.495 e. The van der Waals surface area contributed by atoms with Gasteiger partial charge in [0.05, 0.1) is 11.2 Å². The highest BCUT2D eigenvalue weighted by Crippen LogP contribution is 2.38.